The number of quaternary nitrogens is 1. The van der Waals surface area contributed by atoms with Gasteiger partial charge in [0, 0.05) is 18.2 Å². The molecule has 1 saturated carbocycles. The molecule has 2 fully saturated rings. The highest BCUT2D eigenvalue weighted by molar-refractivity contribution is 5.94. The van der Waals surface area contributed by atoms with Gasteiger partial charge >= 0.3 is 0 Å². The van der Waals surface area contributed by atoms with Crippen LogP contribution in [0.5, 0.6) is 0 Å². The molecule has 1 aromatic carbocycles. The van der Waals surface area contributed by atoms with Crippen molar-refractivity contribution in [1.29, 1.82) is 0 Å². The fourth-order valence-electron chi connectivity index (χ4n) is 4.40. The van der Waals surface area contributed by atoms with Gasteiger partial charge in [-0.25, -0.2) is 0 Å². The highest BCUT2D eigenvalue weighted by Gasteiger charge is 2.35. The third-order valence-electron chi connectivity index (χ3n) is 5.70. The molecular formula is C20H30N3O2+. The van der Waals surface area contributed by atoms with E-state index in [1.807, 2.05) is 35.2 Å². The van der Waals surface area contributed by atoms with Gasteiger partial charge in [-0.3, -0.25) is 9.59 Å². The Morgan fingerprint density at radius 3 is 2.36 bits per heavy atom. The first-order valence-electron chi connectivity index (χ1n) is 9.68. The molecule has 1 aromatic rings. The zero-order valence-corrected chi connectivity index (χ0v) is 15.0. The molecule has 0 bridgehead atoms. The Hall–Kier alpha value is -1.88. The van der Waals surface area contributed by atoms with Crippen molar-refractivity contribution in [2.75, 3.05) is 18.0 Å². The summed E-state index contributed by atoms with van der Waals surface area (Å²) in [5.74, 6) is -0.146. The molecule has 1 aliphatic heterocycles. The number of likely N-dealkylation sites (tertiary alicyclic amines) is 1. The Morgan fingerprint density at radius 2 is 1.68 bits per heavy atom. The van der Waals surface area contributed by atoms with Crippen molar-refractivity contribution in [3.8, 4) is 0 Å². The summed E-state index contributed by atoms with van der Waals surface area (Å²) < 4.78 is 0. The summed E-state index contributed by atoms with van der Waals surface area (Å²) in [6.07, 6.45) is 8.63. The lowest BCUT2D eigenvalue weighted by atomic mass is 9.93. The van der Waals surface area contributed by atoms with E-state index in [-0.39, 0.29) is 23.9 Å². The summed E-state index contributed by atoms with van der Waals surface area (Å²) >= 11 is 0. The molecule has 3 rings (SSSR count). The number of amides is 2. The standard InChI is InChI=1S/C20H29N3O2/c21-20(25)18-13-7-8-14-22(18)15-19(24)23(16-9-3-1-4-10-16)17-11-5-2-6-12-17/h1,3-4,9-10,17-18H,2,5-8,11-15H2,(H2,21,25)/p+1/t18-/m1/s1. The van der Waals surface area contributed by atoms with E-state index in [1.54, 1.807) is 0 Å². The lowest BCUT2D eigenvalue weighted by Crippen LogP contribution is -3.18. The molecule has 25 heavy (non-hydrogen) atoms. The number of nitrogens with one attached hydrogen (secondary N) is 1. The first kappa shape index (κ1) is 17.9. The van der Waals surface area contributed by atoms with Crippen LogP contribution in [0.4, 0.5) is 5.69 Å². The number of nitrogens with two attached hydrogens (primary N) is 1. The maximum atomic E-state index is 13.2. The maximum Gasteiger partial charge on any atom is 0.282 e. The van der Waals surface area contributed by atoms with Crippen molar-refractivity contribution in [3.05, 3.63) is 30.3 Å². The van der Waals surface area contributed by atoms with Crippen LogP contribution in [0.2, 0.25) is 0 Å². The Morgan fingerprint density at radius 1 is 1.00 bits per heavy atom. The van der Waals surface area contributed by atoms with Gasteiger partial charge in [-0.05, 0) is 37.8 Å². The molecule has 2 aliphatic rings. The number of benzene rings is 1. The van der Waals surface area contributed by atoms with E-state index < -0.39 is 0 Å². The van der Waals surface area contributed by atoms with Gasteiger partial charge in [-0.1, -0.05) is 37.5 Å². The second-order valence-electron chi connectivity index (χ2n) is 7.43. The van der Waals surface area contributed by atoms with Crippen molar-refractivity contribution in [1.82, 2.24) is 0 Å². The molecule has 0 radical (unpaired) electrons. The summed E-state index contributed by atoms with van der Waals surface area (Å²) in [6, 6.07) is 10.0. The second-order valence-corrected chi connectivity index (χ2v) is 7.43. The topological polar surface area (TPSA) is 67.8 Å². The van der Waals surface area contributed by atoms with Crippen LogP contribution >= 0.6 is 0 Å². The summed E-state index contributed by atoms with van der Waals surface area (Å²) in [6.45, 7) is 1.21. The Labute approximate surface area is 150 Å². The number of para-hydroxylation sites is 1. The van der Waals surface area contributed by atoms with E-state index in [2.05, 4.69) is 0 Å². The SMILES string of the molecule is NC(=O)[C@H]1CCCC[NH+]1CC(=O)N(c1ccccc1)C1CCCCC1. The molecule has 136 valence electrons. The number of rotatable bonds is 5. The minimum Gasteiger partial charge on any atom is -0.365 e. The molecule has 1 heterocycles. The third kappa shape index (κ3) is 4.40. The van der Waals surface area contributed by atoms with Gasteiger partial charge in [0.25, 0.3) is 11.8 Å². The molecule has 1 aliphatic carbocycles. The Bertz CT molecular complexity index is 584. The molecule has 3 N–H and O–H groups in total. The summed E-state index contributed by atoms with van der Waals surface area (Å²) in [5.41, 5.74) is 6.56. The van der Waals surface area contributed by atoms with Gasteiger partial charge in [-0.2, -0.15) is 0 Å². The number of primary amides is 1. The number of anilines is 1. The monoisotopic (exact) mass is 344 g/mol. The molecule has 5 heteroatoms. The minimum atomic E-state index is -0.272. The number of carbonyl (C=O) groups is 2. The summed E-state index contributed by atoms with van der Waals surface area (Å²) in [7, 11) is 0. The smallest absolute Gasteiger partial charge is 0.282 e. The van der Waals surface area contributed by atoms with Crippen molar-refractivity contribution < 1.29 is 14.5 Å². The van der Waals surface area contributed by atoms with Crippen LogP contribution in [0.1, 0.15) is 51.4 Å². The number of hydrogen-bond donors (Lipinski definition) is 2. The van der Waals surface area contributed by atoms with Gasteiger partial charge in [0.15, 0.2) is 12.6 Å². The van der Waals surface area contributed by atoms with Crippen molar-refractivity contribution >= 4 is 17.5 Å². The molecule has 0 aromatic heterocycles. The molecule has 1 unspecified atom stereocenters. The number of nitrogens with zero attached hydrogens (tertiary/aromatic N) is 1. The fourth-order valence-corrected chi connectivity index (χ4v) is 4.40. The van der Waals surface area contributed by atoms with Crippen molar-refractivity contribution in [3.63, 3.8) is 0 Å². The average Bonchev–Trinajstić information content (AvgIpc) is 2.64. The van der Waals surface area contributed by atoms with Gasteiger partial charge in [0.1, 0.15) is 0 Å². The number of hydrogen-bond acceptors (Lipinski definition) is 2. The third-order valence-corrected chi connectivity index (χ3v) is 5.70. The van der Waals surface area contributed by atoms with Gasteiger partial charge in [0.2, 0.25) is 0 Å². The zero-order chi connectivity index (χ0) is 17.6. The normalized spacial score (nSPS) is 24.6. The molecule has 1 saturated heterocycles. The number of piperidine rings is 1. The van der Waals surface area contributed by atoms with Crippen LogP contribution in [0, 0.1) is 0 Å². The van der Waals surface area contributed by atoms with Crippen LogP contribution in [-0.4, -0.2) is 37.0 Å². The molecular weight excluding hydrogens is 314 g/mol. The van der Waals surface area contributed by atoms with E-state index in [4.69, 9.17) is 5.73 Å². The van der Waals surface area contributed by atoms with Crippen LogP contribution in [0.25, 0.3) is 0 Å². The van der Waals surface area contributed by atoms with Gasteiger partial charge in [0.05, 0.1) is 6.54 Å². The second kappa shape index (κ2) is 8.48. The van der Waals surface area contributed by atoms with Crippen LogP contribution in [0.3, 0.4) is 0 Å². The van der Waals surface area contributed by atoms with Crippen LogP contribution < -0.4 is 15.5 Å². The van der Waals surface area contributed by atoms with E-state index >= 15 is 0 Å². The van der Waals surface area contributed by atoms with Crippen molar-refractivity contribution in [2.45, 2.75) is 63.5 Å². The molecule has 2 atom stereocenters. The first-order chi connectivity index (χ1) is 12.2. The van der Waals surface area contributed by atoms with Crippen LogP contribution in [0.15, 0.2) is 30.3 Å². The summed E-state index contributed by atoms with van der Waals surface area (Å²) in [4.78, 5) is 28.0. The predicted molar refractivity (Wildman–Crippen MR) is 98.3 cm³/mol. The average molecular weight is 344 g/mol. The Balaban J connectivity index is 1.77. The highest BCUT2D eigenvalue weighted by atomic mass is 16.2. The van der Waals surface area contributed by atoms with E-state index in [0.29, 0.717) is 6.54 Å². The van der Waals surface area contributed by atoms with E-state index in [9.17, 15) is 9.59 Å². The van der Waals surface area contributed by atoms with Gasteiger partial charge in [-0.15, -0.1) is 0 Å². The lowest BCUT2D eigenvalue weighted by Gasteiger charge is -2.36. The summed E-state index contributed by atoms with van der Waals surface area (Å²) in [5, 5.41) is 0. The van der Waals surface area contributed by atoms with Crippen LogP contribution in [-0.2, 0) is 9.59 Å². The van der Waals surface area contributed by atoms with E-state index in [1.165, 1.54) is 19.3 Å². The molecule has 2 amide bonds. The van der Waals surface area contributed by atoms with E-state index in [0.717, 1.165) is 49.2 Å². The zero-order valence-electron chi connectivity index (χ0n) is 15.0. The fraction of sp³-hybridized carbons (Fsp3) is 0.600. The first-order valence-corrected chi connectivity index (χ1v) is 9.68. The molecule has 5 nitrogen and oxygen atoms in total. The number of carbonyl (C=O) groups excluding carboxylic acids is 2. The minimum absolute atomic E-state index is 0.126. The maximum absolute atomic E-state index is 13.2. The predicted octanol–water partition coefficient (Wildman–Crippen LogP) is 1.28. The van der Waals surface area contributed by atoms with Crippen molar-refractivity contribution in [2.24, 2.45) is 5.73 Å². The largest absolute Gasteiger partial charge is 0.365 e. The highest BCUT2D eigenvalue weighted by Crippen LogP contribution is 2.27. The lowest BCUT2D eigenvalue weighted by molar-refractivity contribution is -0.913. The Kier molecular flexibility index (Phi) is 6.08. The molecule has 0 spiro atoms. The quantitative estimate of drug-likeness (QED) is 0.845. The van der Waals surface area contributed by atoms with Gasteiger partial charge < -0.3 is 15.5 Å².